The van der Waals surface area contributed by atoms with Gasteiger partial charge in [0, 0.05) is 19.1 Å². The molecule has 3 unspecified atom stereocenters. The number of ketones is 1. The van der Waals surface area contributed by atoms with E-state index < -0.39 is 0 Å². The van der Waals surface area contributed by atoms with Crippen LogP contribution in [-0.2, 0) is 14.3 Å². The van der Waals surface area contributed by atoms with E-state index in [9.17, 15) is 4.79 Å². The minimum absolute atomic E-state index is 0.0919. The Morgan fingerprint density at radius 2 is 2.14 bits per heavy atom. The van der Waals surface area contributed by atoms with E-state index in [-0.39, 0.29) is 17.8 Å². The molecule has 2 heterocycles. The minimum Gasteiger partial charge on any atom is -0.381 e. The maximum Gasteiger partial charge on any atom is 0.167 e. The van der Waals surface area contributed by atoms with Gasteiger partial charge in [0.15, 0.2) is 5.78 Å². The van der Waals surface area contributed by atoms with Gasteiger partial charge in [0.05, 0.1) is 6.61 Å². The molecule has 0 radical (unpaired) electrons. The van der Waals surface area contributed by atoms with E-state index in [1.807, 2.05) is 0 Å². The molecule has 0 saturated carbocycles. The minimum atomic E-state index is -0.151. The Kier molecular flexibility index (Phi) is 3.19. The summed E-state index contributed by atoms with van der Waals surface area (Å²) in [6.45, 7) is 4.25. The third-order valence-electron chi connectivity index (χ3n) is 3.23. The summed E-state index contributed by atoms with van der Waals surface area (Å²) >= 11 is 0. The topological polar surface area (TPSA) is 35.5 Å². The summed E-state index contributed by atoms with van der Waals surface area (Å²) in [4.78, 5) is 12.0. The van der Waals surface area contributed by atoms with E-state index in [2.05, 4.69) is 6.92 Å². The molecule has 0 spiro atoms. The van der Waals surface area contributed by atoms with E-state index in [0.717, 1.165) is 32.5 Å². The zero-order chi connectivity index (χ0) is 9.97. The highest BCUT2D eigenvalue weighted by Crippen LogP contribution is 2.26. The molecule has 2 saturated heterocycles. The second-order valence-corrected chi connectivity index (χ2v) is 4.37. The van der Waals surface area contributed by atoms with Gasteiger partial charge < -0.3 is 9.47 Å². The van der Waals surface area contributed by atoms with Gasteiger partial charge in [-0.05, 0) is 25.2 Å². The molecule has 3 atom stereocenters. The third-order valence-corrected chi connectivity index (χ3v) is 3.23. The van der Waals surface area contributed by atoms with Crippen LogP contribution in [0.1, 0.15) is 26.2 Å². The van der Waals surface area contributed by atoms with Crippen molar-refractivity contribution in [1.82, 2.24) is 0 Å². The van der Waals surface area contributed by atoms with Crippen LogP contribution in [0.2, 0.25) is 0 Å². The van der Waals surface area contributed by atoms with Gasteiger partial charge in [0.1, 0.15) is 6.10 Å². The number of hydrogen-bond donors (Lipinski definition) is 0. The Morgan fingerprint density at radius 1 is 1.29 bits per heavy atom. The van der Waals surface area contributed by atoms with Crippen molar-refractivity contribution >= 4 is 5.78 Å². The molecular weight excluding hydrogens is 180 g/mol. The van der Waals surface area contributed by atoms with Crippen LogP contribution in [0.25, 0.3) is 0 Å². The summed E-state index contributed by atoms with van der Waals surface area (Å²) in [6, 6.07) is 0. The lowest BCUT2D eigenvalue weighted by molar-refractivity contribution is -0.137. The van der Waals surface area contributed by atoms with Gasteiger partial charge in [0.25, 0.3) is 0 Å². The lowest BCUT2D eigenvalue weighted by Crippen LogP contribution is -2.35. The smallest absolute Gasteiger partial charge is 0.167 e. The molecule has 2 rings (SSSR count). The Labute approximate surface area is 84.8 Å². The van der Waals surface area contributed by atoms with Crippen molar-refractivity contribution in [1.29, 1.82) is 0 Å². The van der Waals surface area contributed by atoms with Crippen LogP contribution < -0.4 is 0 Å². The number of Topliss-reactive ketones (excluding diaryl/α,β-unsaturated/α-hetero) is 1. The molecule has 0 aromatic rings. The van der Waals surface area contributed by atoms with Gasteiger partial charge in [-0.1, -0.05) is 6.92 Å². The second kappa shape index (κ2) is 4.41. The first kappa shape index (κ1) is 10.1. The van der Waals surface area contributed by atoms with Crippen LogP contribution in [0.15, 0.2) is 0 Å². The van der Waals surface area contributed by atoms with Gasteiger partial charge in [0.2, 0.25) is 0 Å². The van der Waals surface area contributed by atoms with Crippen LogP contribution in [0, 0.1) is 11.8 Å². The highest BCUT2D eigenvalue weighted by atomic mass is 16.5. The molecule has 3 heteroatoms. The summed E-state index contributed by atoms with van der Waals surface area (Å²) < 4.78 is 10.8. The molecule has 0 N–H and O–H groups in total. The van der Waals surface area contributed by atoms with Crippen molar-refractivity contribution in [2.45, 2.75) is 32.3 Å². The monoisotopic (exact) mass is 198 g/mol. The summed E-state index contributed by atoms with van der Waals surface area (Å²) in [5.41, 5.74) is 0. The van der Waals surface area contributed by atoms with Gasteiger partial charge in [-0.2, -0.15) is 0 Å². The van der Waals surface area contributed by atoms with Crippen molar-refractivity contribution < 1.29 is 14.3 Å². The molecule has 0 aliphatic carbocycles. The summed E-state index contributed by atoms with van der Waals surface area (Å²) in [6.07, 6.45) is 2.86. The van der Waals surface area contributed by atoms with Crippen LogP contribution in [-0.4, -0.2) is 31.7 Å². The fourth-order valence-electron chi connectivity index (χ4n) is 2.26. The number of carbonyl (C=O) groups excluding carboxylic acids is 1. The standard InChI is InChI=1S/C11H18O3/c1-8-4-6-14-11(8)10(12)9-3-2-5-13-7-9/h8-9,11H,2-7H2,1H3. The maximum atomic E-state index is 12.0. The molecule has 80 valence electrons. The molecule has 0 aromatic heterocycles. The van der Waals surface area contributed by atoms with Gasteiger partial charge in [-0.25, -0.2) is 0 Å². The molecule has 0 bridgehead atoms. The predicted molar refractivity (Wildman–Crippen MR) is 52.1 cm³/mol. The number of hydrogen-bond acceptors (Lipinski definition) is 3. The first-order valence-electron chi connectivity index (χ1n) is 5.52. The van der Waals surface area contributed by atoms with Crippen molar-refractivity contribution in [2.24, 2.45) is 11.8 Å². The number of ether oxygens (including phenoxy) is 2. The zero-order valence-electron chi connectivity index (χ0n) is 8.70. The quantitative estimate of drug-likeness (QED) is 0.673. The first-order chi connectivity index (χ1) is 6.79. The molecule has 3 nitrogen and oxygen atoms in total. The van der Waals surface area contributed by atoms with Gasteiger partial charge >= 0.3 is 0 Å². The second-order valence-electron chi connectivity index (χ2n) is 4.37. The van der Waals surface area contributed by atoms with Crippen LogP contribution in [0.3, 0.4) is 0 Å². The van der Waals surface area contributed by atoms with Gasteiger partial charge in [-0.15, -0.1) is 0 Å². The summed E-state index contributed by atoms with van der Waals surface area (Å²) in [5.74, 6) is 0.758. The fraction of sp³-hybridized carbons (Fsp3) is 0.909. The highest BCUT2D eigenvalue weighted by Gasteiger charge is 2.35. The van der Waals surface area contributed by atoms with E-state index >= 15 is 0 Å². The van der Waals surface area contributed by atoms with E-state index in [0.29, 0.717) is 12.5 Å². The van der Waals surface area contributed by atoms with Crippen molar-refractivity contribution in [3.8, 4) is 0 Å². The fourth-order valence-corrected chi connectivity index (χ4v) is 2.26. The summed E-state index contributed by atoms with van der Waals surface area (Å²) in [7, 11) is 0. The molecule has 2 aliphatic heterocycles. The van der Waals surface area contributed by atoms with Crippen LogP contribution in [0.5, 0.6) is 0 Å². The van der Waals surface area contributed by atoms with Crippen molar-refractivity contribution in [3.63, 3.8) is 0 Å². The van der Waals surface area contributed by atoms with Gasteiger partial charge in [-0.3, -0.25) is 4.79 Å². The van der Waals surface area contributed by atoms with E-state index in [4.69, 9.17) is 9.47 Å². The first-order valence-corrected chi connectivity index (χ1v) is 5.52. The lowest BCUT2D eigenvalue weighted by atomic mass is 9.89. The molecule has 2 fully saturated rings. The largest absolute Gasteiger partial charge is 0.381 e. The average Bonchev–Trinajstić information content (AvgIpc) is 2.65. The maximum absolute atomic E-state index is 12.0. The van der Waals surface area contributed by atoms with E-state index in [1.165, 1.54) is 0 Å². The third kappa shape index (κ3) is 1.98. The Bertz CT molecular complexity index is 209. The number of rotatable bonds is 2. The average molecular weight is 198 g/mol. The molecule has 14 heavy (non-hydrogen) atoms. The Balaban J connectivity index is 1.92. The van der Waals surface area contributed by atoms with Crippen molar-refractivity contribution in [3.05, 3.63) is 0 Å². The molecule has 0 aromatic carbocycles. The predicted octanol–water partition coefficient (Wildman–Crippen LogP) is 1.41. The van der Waals surface area contributed by atoms with Crippen LogP contribution >= 0.6 is 0 Å². The normalized spacial score (nSPS) is 38.5. The van der Waals surface area contributed by atoms with E-state index in [1.54, 1.807) is 0 Å². The number of carbonyl (C=O) groups is 1. The lowest BCUT2D eigenvalue weighted by Gasteiger charge is -2.24. The van der Waals surface area contributed by atoms with Crippen molar-refractivity contribution in [2.75, 3.05) is 19.8 Å². The Morgan fingerprint density at radius 3 is 2.71 bits per heavy atom. The zero-order valence-corrected chi connectivity index (χ0v) is 8.70. The molecular formula is C11H18O3. The SMILES string of the molecule is CC1CCOC1C(=O)C1CCCOC1. The van der Waals surface area contributed by atoms with Crippen LogP contribution in [0.4, 0.5) is 0 Å². The highest BCUT2D eigenvalue weighted by molar-refractivity contribution is 5.86. The summed E-state index contributed by atoms with van der Waals surface area (Å²) in [5, 5.41) is 0. The Hall–Kier alpha value is -0.410. The molecule has 0 amide bonds. The molecule has 2 aliphatic rings.